The highest BCUT2D eigenvalue weighted by molar-refractivity contribution is 7.12. The second-order valence-electron chi connectivity index (χ2n) is 5.57. The molecule has 0 radical (unpaired) electrons. The zero-order chi connectivity index (χ0) is 17.8. The van der Waals surface area contributed by atoms with Crippen LogP contribution in [0.15, 0.2) is 47.8 Å². The molecule has 0 bridgehead atoms. The van der Waals surface area contributed by atoms with Crippen LogP contribution in [-0.4, -0.2) is 21.6 Å². The number of nitrogens with one attached hydrogen (secondary N) is 2. The normalized spacial score (nSPS) is 10.5. The van der Waals surface area contributed by atoms with Crippen molar-refractivity contribution in [3.8, 4) is 0 Å². The molecule has 2 heterocycles. The molecular formula is C18H18N4O2S. The van der Waals surface area contributed by atoms with E-state index in [0.717, 1.165) is 11.3 Å². The standard InChI is InChI=1S/C18H18N4O2S/c1-12-16(18(24)20-19-17(23)15-9-6-10-25-15)13(2)22(21-12)11-14-7-4-3-5-8-14/h3-10H,11H2,1-2H3,(H,19,23)(H,20,24). The maximum Gasteiger partial charge on any atom is 0.279 e. The van der Waals surface area contributed by atoms with E-state index in [4.69, 9.17) is 0 Å². The van der Waals surface area contributed by atoms with Gasteiger partial charge >= 0.3 is 0 Å². The minimum atomic E-state index is -0.376. The van der Waals surface area contributed by atoms with Gasteiger partial charge < -0.3 is 0 Å². The third kappa shape index (κ3) is 3.77. The van der Waals surface area contributed by atoms with Crippen LogP contribution in [0.25, 0.3) is 0 Å². The number of aromatic nitrogens is 2. The number of nitrogens with zero attached hydrogens (tertiary/aromatic N) is 2. The Balaban J connectivity index is 1.71. The first-order chi connectivity index (χ1) is 12.1. The lowest BCUT2D eigenvalue weighted by atomic mass is 10.2. The van der Waals surface area contributed by atoms with Gasteiger partial charge in [-0.3, -0.25) is 25.1 Å². The molecule has 0 spiro atoms. The average molecular weight is 354 g/mol. The van der Waals surface area contributed by atoms with Crippen LogP contribution in [-0.2, 0) is 6.54 Å². The predicted octanol–water partition coefficient (Wildman–Crippen LogP) is 2.68. The highest BCUT2D eigenvalue weighted by Gasteiger charge is 2.19. The van der Waals surface area contributed by atoms with Crippen LogP contribution in [0.2, 0.25) is 0 Å². The molecule has 128 valence electrons. The Morgan fingerprint density at radius 2 is 1.76 bits per heavy atom. The molecule has 0 fully saturated rings. The van der Waals surface area contributed by atoms with Crippen LogP contribution in [0, 0.1) is 13.8 Å². The highest BCUT2D eigenvalue weighted by atomic mass is 32.1. The zero-order valence-corrected chi connectivity index (χ0v) is 14.8. The van der Waals surface area contributed by atoms with Crippen LogP contribution in [0.4, 0.5) is 0 Å². The van der Waals surface area contributed by atoms with Gasteiger partial charge in [-0.05, 0) is 30.9 Å². The molecule has 2 aromatic heterocycles. The number of hydrogen-bond acceptors (Lipinski definition) is 4. The second-order valence-corrected chi connectivity index (χ2v) is 6.52. The monoisotopic (exact) mass is 354 g/mol. The predicted molar refractivity (Wildman–Crippen MR) is 96.5 cm³/mol. The number of rotatable bonds is 4. The minimum Gasteiger partial charge on any atom is -0.267 e. The summed E-state index contributed by atoms with van der Waals surface area (Å²) in [5.74, 6) is -0.713. The van der Waals surface area contributed by atoms with Crippen molar-refractivity contribution in [1.82, 2.24) is 20.6 Å². The van der Waals surface area contributed by atoms with Crippen LogP contribution < -0.4 is 10.9 Å². The van der Waals surface area contributed by atoms with Crippen molar-refractivity contribution < 1.29 is 9.59 Å². The Kier molecular flexibility index (Phi) is 4.95. The molecule has 0 aliphatic rings. The molecule has 7 heteroatoms. The summed E-state index contributed by atoms with van der Waals surface area (Å²) in [5.41, 5.74) is 7.85. The van der Waals surface area contributed by atoms with E-state index in [0.29, 0.717) is 22.7 Å². The van der Waals surface area contributed by atoms with Gasteiger partial charge in [-0.2, -0.15) is 5.10 Å². The number of carbonyl (C=O) groups is 2. The number of carbonyl (C=O) groups excluding carboxylic acids is 2. The fraction of sp³-hybridized carbons (Fsp3) is 0.167. The summed E-state index contributed by atoms with van der Waals surface area (Å²) in [6.07, 6.45) is 0. The lowest BCUT2D eigenvalue weighted by molar-refractivity contribution is 0.0848. The number of aryl methyl sites for hydroxylation is 1. The van der Waals surface area contributed by atoms with E-state index in [2.05, 4.69) is 16.0 Å². The minimum absolute atomic E-state index is 0.338. The van der Waals surface area contributed by atoms with Gasteiger partial charge in [0.2, 0.25) is 0 Å². The van der Waals surface area contributed by atoms with Crippen molar-refractivity contribution in [3.05, 3.63) is 75.2 Å². The maximum atomic E-state index is 12.5. The van der Waals surface area contributed by atoms with Crippen molar-refractivity contribution in [2.75, 3.05) is 0 Å². The summed E-state index contributed by atoms with van der Waals surface area (Å²) in [6.45, 7) is 4.21. The van der Waals surface area contributed by atoms with Gasteiger partial charge in [0.25, 0.3) is 11.8 Å². The van der Waals surface area contributed by atoms with Gasteiger partial charge in [0.05, 0.1) is 22.7 Å². The van der Waals surface area contributed by atoms with E-state index in [1.807, 2.05) is 37.3 Å². The van der Waals surface area contributed by atoms with Crippen LogP contribution in [0.5, 0.6) is 0 Å². The van der Waals surface area contributed by atoms with Crippen LogP contribution in [0.1, 0.15) is 37.0 Å². The first kappa shape index (κ1) is 16.9. The van der Waals surface area contributed by atoms with Crippen molar-refractivity contribution in [2.24, 2.45) is 0 Å². The molecule has 3 rings (SSSR count). The number of hydrogen-bond donors (Lipinski definition) is 2. The van der Waals surface area contributed by atoms with E-state index in [1.54, 1.807) is 29.1 Å². The topological polar surface area (TPSA) is 76.0 Å². The van der Waals surface area contributed by atoms with Gasteiger partial charge in [0.1, 0.15) is 0 Å². The Morgan fingerprint density at radius 3 is 2.44 bits per heavy atom. The largest absolute Gasteiger partial charge is 0.279 e. The summed E-state index contributed by atoms with van der Waals surface area (Å²) >= 11 is 1.31. The van der Waals surface area contributed by atoms with E-state index in [1.165, 1.54) is 11.3 Å². The molecule has 25 heavy (non-hydrogen) atoms. The molecule has 3 aromatic rings. The number of thiophene rings is 1. The molecular weight excluding hydrogens is 336 g/mol. The summed E-state index contributed by atoms with van der Waals surface area (Å²) in [7, 11) is 0. The molecule has 2 amide bonds. The molecule has 2 N–H and O–H groups in total. The lowest BCUT2D eigenvalue weighted by Gasteiger charge is -2.07. The van der Waals surface area contributed by atoms with Crippen molar-refractivity contribution >= 4 is 23.2 Å². The molecule has 6 nitrogen and oxygen atoms in total. The van der Waals surface area contributed by atoms with Gasteiger partial charge in [0, 0.05) is 5.69 Å². The maximum absolute atomic E-state index is 12.5. The highest BCUT2D eigenvalue weighted by Crippen LogP contribution is 2.15. The van der Waals surface area contributed by atoms with E-state index in [-0.39, 0.29) is 11.8 Å². The van der Waals surface area contributed by atoms with E-state index >= 15 is 0 Å². The smallest absolute Gasteiger partial charge is 0.267 e. The van der Waals surface area contributed by atoms with Gasteiger partial charge in [-0.1, -0.05) is 36.4 Å². The molecule has 1 aromatic carbocycles. The second kappa shape index (κ2) is 7.31. The van der Waals surface area contributed by atoms with Gasteiger partial charge in [0.15, 0.2) is 0 Å². The fourth-order valence-electron chi connectivity index (χ4n) is 2.58. The number of benzene rings is 1. The van der Waals surface area contributed by atoms with Crippen molar-refractivity contribution in [3.63, 3.8) is 0 Å². The third-order valence-corrected chi connectivity index (χ3v) is 4.69. The molecule has 0 atom stereocenters. The third-order valence-electron chi connectivity index (χ3n) is 3.82. The van der Waals surface area contributed by atoms with E-state index < -0.39 is 0 Å². The quantitative estimate of drug-likeness (QED) is 0.707. The molecule has 0 unspecified atom stereocenters. The fourth-order valence-corrected chi connectivity index (χ4v) is 3.20. The molecule has 0 saturated heterocycles. The SMILES string of the molecule is Cc1nn(Cc2ccccc2)c(C)c1C(=O)NNC(=O)c1cccs1. The first-order valence-electron chi connectivity index (χ1n) is 7.78. The van der Waals surface area contributed by atoms with Gasteiger partial charge in [-0.15, -0.1) is 11.3 Å². The average Bonchev–Trinajstić information content (AvgIpc) is 3.23. The Bertz CT molecular complexity index is 885. The number of amides is 2. The van der Waals surface area contributed by atoms with E-state index in [9.17, 15) is 9.59 Å². The Hall–Kier alpha value is -2.93. The summed E-state index contributed by atoms with van der Waals surface area (Å²) in [6, 6.07) is 13.4. The summed E-state index contributed by atoms with van der Waals surface area (Å²) in [4.78, 5) is 24.9. The lowest BCUT2D eigenvalue weighted by Crippen LogP contribution is -2.41. The van der Waals surface area contributed by atoms with Crippen LogP contribution >= 0.6 is 11.3 Å². The zero-order valence-electron chi connectivity index (χ0n) is 13.9. The first-order valence-corrected chi connectivity index (χ1v) is 8.66. The molecule has 0 aliphatic heterocycles. The molecule has 0 saturated carbocycles. The van der Waals surface area contributed by atoms with Crippen molar-refractivity contribution in [2.45, 2.75) is 20.4 Å². The molecule has 0 aliphatic carbocycles. The Morgan fingerprint density at radius 1 is 1.04 bits per heavy atom. The summed E-state index contributed by atoms with van der Waals surface area (Å²) in [5, 5.41) is 6.25. The summed E-state index contributed by atoms with van der Waals surface area (Å²) < 4.78 is 1.79. The number of hydrazine groups is 1. The Labute approximate surface area is 149 Å². The van der Waals surface area contributed by atoms with Crippen LogP contribution in [0.3, 0.4) is 0 Å². The van der Waals surface area contributed by atoms with Crippen molar-refractivity contribution in [1.29, 1.82) is 0 Å². The van der Waals surface area contributed by atoms with Gasteiger partial charge in [-0.25, -0.2) is 0 Å².